The molecule has 0 amide bonds. The molecule has 0 aromatic heterocycles. The monoisotopic (exact) mass is 429 g/mol. The number of nitrogens with zero attached hydrogens (tertiary/aromatic N) is 1. The summed E-state index contributed by atoms with van der Waals surface area (Å²) in [6.07, 6.45) is 1.90. The van der Waals surface area contributed by atoms with Crippen LogP contribution in [-0.4, -0.2) is 0 Å². The van der Waals surface area contributed by atoms with Crippen LogP contribution in [0.2, 0.25) is 0 Å². The van der Waals surface area contributed by atoms with Gasteiger partial charge in [0, 0.05) is 5.56 Å². The van der Waals surface area contributed by atoms with Crippen molar-refractivity contribution in [3.8, 4) is 11.8 Å². The van der Waals surface area contributed by atoms with Gasteiger partial charge in [0.05, 0.1) is 11.6 Å². The van der Waals surface area contributed by atoms with Crippen molar-refractivity contribution in [1.29, 1.82) is 5.26 Å². The van der Waals surface area contributed by atoms with E-state index in [-0.39, 0.29) is 5.82 Å². The van der Waals surface area contributed by atoms with Gasteiger partial charge in [-0.1, -0.05) is 78.9 Å². The number of hydrogen-bond acceptors (Lipinski definition) is 2. The molecular formula is C30H20FNO. The van der Waals surface area contributed by atoms with E-state index in [1.54, 1.807) is 12.1 Å². The summed E-state index contributed by atoms with van der Waals surface area (Å²) in [6, 6.07) is 34.7. The van der Waals surface area contributed by atoms with Gasteiger partial charge in [0.25, 0.3) is 0 Å². The van der Waals surface area contributed by atoms with Gasteiger partial charge in [-0.2, -0.15) is 5.26 Å². The van der Waals surface area contributed by atoms with Gasteiger partial charge in [-0.3, -0.25) is 0 Å². The largest absolute Gasteiger partial charge is 0.488 e. The van der Waals surface area contributed by atoms with Crippen LogP contribution in [0.1, 0.15) is 16.7 Å². The van der Waals surface area contributed by atoms with Crippen LogP contribution in [-0.2, 0) is 6.61 Å². The van der Waals surface area contributed by atoms with Crippen LogP contribution in [0, 0.1) is 17.1 Å². The predicted molar refractivity (Wildman–Crippen MR) is 132 cm³/mol. The molecule has 0 aliphatic rings. The molecule has 5 aromatic rings. The number of benzene rings is 5. The maximum absolute atomic E-state index is 13.3. The predicted octanol–water partition coefficient (Wildman–Crippen LogP) is 7.78. The van der Waals surface area contributed by atoms with E-state index in [0.717, 1.165) is 38.2 Å². The first-order valence-electron chi connectivity index (χ1n) is 10.7. The first kappa shape index (κ1) is 20.5. The van der Waals surface area contributed by atoms with E-state index in [2.05, 4.69) is 12.1 Å². The van der Waals surface area contributed by atoms with E-state index < -0.39 is 0 Å². The quantitative estimate of drug-likeness (QED) is 0.211. The molecule has 2 nitrogen and oxygen atoms in total. The van der Waals surface area contributed by atoms with Crippen LogP contribution in [0.25, 0.3) is 33.2 Å². The maximum Gasteiger partial charge on any atom is 0.127 e. The Balaban J connectivity index is 1.59. The average Bonchev–Trinajstić information content (AvgIpc) is 2.87. The molecule has 0 aliphatic carbocycles. The summed E-state index contributed by atoms with van der Waals surface area (Å²) in [5, 5.41) is 14.3. The van der Waals surface area contributed by atoms with Gasteiger partial charge in [-0.05, 0) is 63.0 Å². The van der Waals surface area contributed by atoms with Crippen LogP contribution in [0.15, 0.2) is 103 Å². The molecule has 158 valence electrons. The highest BCUT2D eigenvalue weighted by Gasteiger charge is 2.11. The second-order valence-electron chi connectivity index (χ2n) is 7.85. The van der Waals surface area contributed by atoms with Crippen molar-refractivity contribution < 1.29 is 9.13 Å². The second kappa shape index (κ2) is 8.98. The fourth-order valence-electron chi connectivity index (χ4n) is 3.97. The normalized spacial score (nSPS) is 11.5. The molecule has 5 rings (SSSR count). The topological polar surface area (TPSA) is 33.0 Å². The molecule has 0 radical (unpaired) electrons. The zero-order valence-corrected chi connectivity index (χ0v) is 17.8. The third-order valence-corrected chi connectivity index (χ3v) is 5.71. The lowest BCUT2D eigenvalue weighted by atomic mass is 9.97. The Hall–Kier alpha value is -4.42. The van der Waals surface area contributed by atoms with Crippen LogP contribution >= 0.6 is 0 Å². The number of ether oxygens (including phenoxy) is 1. The van der Waals surface area contributed by atoms with Crippen molar-refractivity contribution in [2.24, 2.45) is 0 Å². The lowest BCUT2D eigenvalue weighted by Crippen LogP contribution is -1.98. The Morgan fingerprint density at radius 1 is 0.788 bits per heavy atom. The highest BCUT2D eigenvalue weighted by molar-refractivity contribution is 6.01. The van der Waals surface area contributed by atoms with Gasteiger partial charge in [0.1, 0.15) is 18.2 Å². The summed E-state index contributed by atoms with van der Waals surface area (Å²) >= 11 is 0. The van der Waals surface area contributed by atoms with Crippen molar-refractivity contribution in [2.45, 2.75) is 6.61 Å². The Bertz CT molecular complexity index is 1530. The summed E-state index contributed by atoms with van der Waals surface area (Å²) < 4.78 is 19.4. The minimum Gasteiger partial charge on any atom is -0.488 e. The van der Waals surface area contributed by atoms with Crippen LogP contribution < -0.4 is 4.74 Å². The van der Waals surface area contributed by atoms with Gasteiger partial charge in [0.2, 0.25) is 0 Å². The van der Waals surface area contributed by atoms with Gasteiger partial charge in [-0.15, -0.1) is 0 Å². The Kier molecular flexibility index (Phi) is 5.57. The standard InChI is InChI=1S/C30H20FNO/c31-27-14-9-21(10-15-27)20-33-30-16-13-23-6-3-4-8-28(23)29(30)18-26(19-32)25-12-11-22-5-1-2-7-24(22)17-25/h1-18H,20H2/b26-18-. The minimum atomic E-state index is -0.276. The van der Waals surface area contributed by atoms with E-state index in [4.69, 9.17) is 4.74 Å². The first-order chi connectivity index (χ1) is 16.2. The molecule has 0 unspecified atom stereocenters. The van der Waals surface area contributed by atoms with Gasteiger partial charge in [-0.25, -0.2) is 4.39 Å². The fourth-order valence-corrected chi connectivity index (χ4v) is 3.97. The maximum atomic E-state index is 13.3. The van der Waals surface area contributed by atoms with Crippen molar-refractivity contribution in [2.75, 3.05) is 0 Å². The summed E-state index contributed by atoms with van der Waals surface area (Å²) in [6.45, 7) is 0.303. The lowest BCUT2D eigenvalue weighted by Gasteiger charge is -2.13. The SMILES string of the molecule is N#C/C(=C/c1c(OCc2ccc(F)cc2)ccc2ccccc12)c1ccc2ccccc2c1. The highest BCUT2D eigenvalue weighted by atomic mass is 19.1. The molecule has 0 spiro atoms. The molecule has 5 aromatic carbocycles. The third kappa shape index (κ3) is 4.33. The van der Waals surface area contributed by atoms with Gasteiger partial charge >= 0.3 is 0 Å². The molecule has 0 heterocycles. The smallest absolute Gasteiger partial charge is 0.127 e. The number of halogens is 1. The lowest BCUT2D eigenvalue weighted by molar-refractivity contribution is 0.306. The van der Waals surface area contributed by atoms with Crippen molar-refractivity contribution in [1.82, 2.24) is 0 Å². The van der Waals surface area contributed by atoms with Crippen LogP contribution in [0.4, 0.5) is 4.39 Å². The average molecular weight is 429 g/mol. The number of nitriles is 1. The van der Waals surface area contributed by atoms with E-state index in [1.807, 2.05) is 78.9 Å². The Morgan fingerprint density at radius 3 is 2.27 bits per heavy atom. The first-order valence-corrected chi connectivity index (χ1v) is 10.7. The molecule has 0 aliphatic heterocycles. The van der Waals surface area contributed by atoms with Gasteiger partial charge < -0.3 is 4.74 Å². The zero-order valence-electron chi connectivity index (χ0n) is 17.8. The second-order valence-corrected chi connectivity index (χ2v) is 7.85. The molecule has 0 saturated carbocycles. The fraction of sp³-hybridized carbons (Fsp3) is 0.0333. The van der Waals surface area contributed by atoms with Crippen molar-refractivity contribution >= 4 is 33.2 Å². The van der Waals surface area contributed by atoms with E-state index in [0.29, 0.717) is 17.9 Å². The number of hydrogen-bond donors (Lipinski definition) is 0. The third-order valence-electron chi connectivity index (χ3n) is 5.71. The minimum absolute atomic E-state index is 0.276. The van der Waals surface area contributed by atoms with E-state index in [9.17, 15) is 9.65 Å². The molecular weight excluding hydrogens is 409 g/mol. The zero-order chi connectivity index (χ0) is 22.6. The molecule has 0 atom stereocenters. The summed E-state index contributed by atoms with van der Waals surface area (Å²) in [5.41, 5.74) is 3.13. The molecule has 0 fully saturated rings. The summed E-state index contributed by atoms with van der Waals surface area (Å²) in [4.78, 5) is 0. The molecule has 3 heteroatoms. The van der Waals surface area contributed by atoms with Crippen LogP contribution in [0.5, 0.6) is 5.75 Å². The van der Waals surface area contributed by atoms with Crippen LogP contribution in [0.3, 0.4) is 0 Å². The molecule has 0 bridgehead atoms. The highest BCUT2D eigenvalue weighted by Crippen LogP contribution is 2.33. The van der Waals surface area contributed by atoms with Crippen molar-refractivity contribution in [3.63, 3.8) is 0 Å². The molecule has 0 N–H and O–H groups in total. The Labute approximate surface area is 191 Å². The van der Waals surface area contributed by atoms with E-state index in [1.165, 1.54) is 12.1 Å². The number of rotatable bonds is 5. The Morgan fingerprint density at radius 2 is 1.48 bits per heavy atom. The van der Waals surface area contributed by atoms with E-state index >= 15 is 0 Å². The molecule has 33 heavy (non-hydrogen) atoms. The van der Waals surface area contributed by atoms with Crippen molar-refractivity contribution in [3.05, 3.63) is 126 Å². The summed E-state index contributed by atoms with van der Waals surface area (Å²) in [5.74, 6) is 0.397. The number of fused-ring (bicyclic) bond motifs is 2. The molecule has 0 saturated heterocycles. The summed E-state index contributed by atoms with van der Waals surface area (Å²) in [7, 11) is 0. The van der Waals surface area contributed by atoms with Gasteiger partial charge in [0.15, 0.2) is 0 Å². The number of allylic oxidation sites excluding steroid dienone is 1.